The highest BCUT2D eigenvalue weighted by Crippen LogP contribution is 2.25. The van der Waals surface area contributed by atoms with Crippen LogP contribution >= 0.6 is 0 Å². The third-order valence-corrected chi connectivity index (χ3v) is 3.75. The molecule has 0 aromatic heterocycles. The Morgan fingerprint density at radius 2 is 1.67 bits per heavy atom. The van der Waals surface area contributed by atoms with E-state index in [0.717, 1.165) is 5.56 Å². The van der Waals surface area contributed by atoms with Gasteiger partial charge in [0, 0.05) is 13.1 Å². The molecule has 3 N–H and O–H groups in total. The highest BCUT2D eigenvalue weighted by Gasteiger charge is 2.21. The number of imide groups is 1. The summed E-state index contributed by atoms with van der Waals surface area (Å²) in [5.74, 6) is 0.848. The molecule has 0 radical (unpaired) electrons. The number of benzene rings is 2. The van der Waals surface area contributed by atoms with Crippen LogP contribution in [0, 0.1) is 0 Å². The van der Waals surface area contributed by atoms with Gasteiger partial charge < -0.3 is 14.8 Å². The number of ether oxygens (including phenoxy) is 2. The molecule has 0 bridgehead atoms. The number of rotatable bonds is 9. The van der Waals surface area contributed by atoms with Crippen LogP contribution in [0.2, 0.25) is 0 Å². The van der Waals surface area contributed by atoms with Crippen LogP contribution in [0.25, 0.3) is 0 Å². The molecule has 7 nitrogen and oxygen atoms in total. The van der Waals surface area contributed by atoms with Gasteiger partial charge in [-0.05, 0) is 24.6 Å². The number of carbonyl (C=O) groups is 2. The summed E-state index contributed by atoms with van der Waals surface area (Å²) in [6.45, 7) is 2.96. The maximum absolute atomic E-state index is 12.5. The van der Waals surface area contributed by atoms with Crippen molar-refractivity contribution in [1.29, 1.82) is 0 Å². The summed E-state index contributed by atoms with van der Waals surface area (Å²) < 4.78 is 11.0. The molecular formula is C20H25N3O4. The van der Waals surface area contributed by atoms with Crippen molar-refractivity contribution in [1.82, 2.24) is 16.0 Å². The number of carbonyl (C=O) groups excluding carboxylic acids is 2. The second kappa shape index (κ2) is 10.8. The van der Waals surface area contributed by atoms with Crippen LogP contribution in [0.1, 0.15) is 18.5 Å². The van der Waals surface area contributed by atoms with Gasteiger partial charge in [-0.2, -0.15) is 0 Å². The van der Waals surface area contributed by atoms with Gasteiger partial charge in [0.1, 0.15) is 12.6 Å². The van der Waals surface area contributed by atoms with Crippen molar-refractivity contribution in [3.8, 4) is 11.5 Å². The normalized spacial score (nSPS) is 11.3. The smallest absolute Gasteiger partial charge is 0.321 e. The van der Waals surface area contributed by atoms with Crippen molar-refractivity contribution in [3.05, 3.63) is 60.2 Å². The van der Waals surface area contributed by atoms with Gasteiger partial charge in [-0.3, -0.25) is 15.4 Å². The molecule has 0 unspecified atom stereocenters. The minimum absolute atomic E-state index is 0.331. The van der Waals surface area contributed by atoms with E-state index in [4.69, 9.17) is 9.47 Å². The van der Waals surface area contributed by atoms with Crippen LogP contribution in [-0.2, 0) is 4.79 Å². The largest absolute Gasteiger partial charge is 0.493 e. The number of hydrogen-bond donors (Lipinski definition) is 3. The number of urea groups is 1. The maximum atomic E-state index is 12.5. The summed E-state index contributed by atoms with van der Waals surface area (Å²) in [4.78, 5) is 24.2. The molecule has 0 heterocycles. The molecule has 1 atom stereocenters. The summed E-state index contributed by atoms with van der Waals surface area (Å²) in [6, 6.07) is 15.4. The highest BCUT2D eigenvalue weighted by atomic mass is 16.5. The van der Waals surface area contributed by atoms with Crippen LogP contribution in [0.3, 0.4) is 0 Å². The first-order chi connectivity index (χ1) is 13.2. The third kappa shape index (κ3) is 6.31. The van der Waals surface area contributed by atoms with Crippen molar-refractivity contribution in [2.75, 3.05) is 26.8 Å². The highest BCUT2D eigenvalue weighted by molar-refractivity contribution is 5.97. The van der Waals surface area contributed by atoms with Crippen molar-refractivity contribution in [2.45, 2.75) is 13.0 Å². The average Bonchev–Trinajstić information content (AvgIpc) is 2.69. The minimum Gasteiger partial charge on any atom is -0.493 e. The summed E-state index contributed by atoms with van der Waals surface area (Å²) in [5, 5.41) is 8.02. The van der Waals surface area contributed by atoms with Crippen molar-refractivity contribution < 1.29 is 19.1 Å². The fourth-order valence-electron chi connectivity index (χ4n) is 2.50. The lowest BCUT2D eigenvalue weighted by atomic mass is 10.1. The van der Waals surface area contributed by atoms with Gasteiger partial charge in [0.25, 0.3) is 0 Å². The Morgan fingerprint density at radius 3 is 2.33 bits per heavy atom. The molecule has 0 saturated heterocycles. The van der Waals surface area contributed by atoms with E-state index >= 15 is 0 Å². The molecule has 27 heavy (non-hydrogen) atoms. The topological polar surface area (TPSA) is 88.7 Å². The average molecular weight is 371 g/mol. The fraction of sp³-hybridized carbons (Fsp3) is 0.300. The molecule has 2 aromatic rings. The first-order valence-electron chi connectivity index (χ1n) is 8.78. The van der Waals surface area contributed by atoms with Crippen LogP contribution in [-0.4, -0.2) is 38.7 Å². The van der Waals surface area contributed by atoms with Crippen molar-refractivity contribution in [3.63, 3.8) is 0 Å². The van der Waals surface area contributed by atoms with Gasteiger partial charge in [-0.15, -0.1) is 0 Å². The molecule has 0 aliphatic rings. The predicted molar refractivity (Wildman–Crippen MR) is 103 cm³/mol. The van der Waals surface area contributed by atoms with E-state index in [1.54, 1.807) is 14.0 Å². The predicted octanol–water partition coefficient (Wildman–Crippen LogP) is 2.25. The monoisotopic (exact) mass is 371 g/mol. The second-order valence-corrected chi connectivity index (χ2v) is 5.65. The zero-order chi connectivity index (χ0) is 19.5. The molecule has 144 valence electrons. The molecule has 0 saturated carbocycles. The van der Waals surface area contributed by atoms with E-state index in [2.05, 4.69) is 16.0 Å². The van der Waals surface area contributed by atoms with Gasteiger partial charge in [0.05, 0.1) is 7.11 Å². The molecule has 3 amide bonds. The quantitative estimate of drug-likeness (QED) is 0.589. The molecular weight excluding hydrogens is 346 g/mol. The first-order valence-corrected chi connectivity index (χ1v) is 8.78. The third-order valence-electron chi connectivity index (χ3n) is 3.75. The van der Waals surface area contributed by atoms with Crippen molar-refractivity contribution in [2.24, 2.45) is 0 Å². The van der Waals surface area contributed by atoms with E-state index in [-0.39, 0.29) is 0 Å². The Kier molecular flexibility index (Phi) is 8.12. The summed E-state index contributed by atoms with van der Waals surface area (Å²) >= 11 is 0. The van der Waals surface area contributed by atoms with E-state index in [9.17, 15) is 9.59 Å². The number of hydrogen-bond acceptors (Lipinski definition) is 5. The van der Waals surface area contributed by atoms with E-state index in [1.807, 2.05) is 54.6 Å². The van der Waals surface area contributed by atoms with Crippen LogP contribution in [0.15, 0.2) is 54.6 Å². The summed E-state index contributed by atoms with van der Waals surface area (Å²) in [5.41, 5.74) is 0.761. The SMILES string of the molecule is CCNC(=O)NC(=O)[C@H](NCCOc1ccccc1OC)c1ccccc1. The lowest BCUT2D eigenvalue weighted by molar-refractivity contribution is -0.122. The molecule has 2 rings (SSSR count). The van der Waals surface area contributed by atoms with E-state index < -0.39 is 18.0 Å². The van der Waals surface area contributed by atoms with Crippen LogP contribution in [0.5, 0.6) is 11.5 Å². The van der Waals surface area contributed by atoms with Gasteiger partial charge >= 0.3 is 6.03 Å². The van der Waals surface area contributed by atoms with E-state index in [0.29, 0.717) is 31.2 Å². The van der Waals surface area contributed by atoms with Gasteiger partial charge in [-0.25, -0.2) is 4.79 Å². The van der Waals surface area contributed by atoms with Crippen LogP contribution in [0.4, 0.5) is 4.79 Å². The lowest BCUT2D eigenvalue weighted by Crippen LogP contribution is -2.45. The molecule has 0 aliphatic heterocycles. The Balaban J connectivity index is 1.96. The lowest BCUT2D eigenvalue weighted by Gasteiger charge is -2.19. The number of nitrogens with one attached hydrogen (secondary N) is 3. The standard InChI is InChI=1S/C20H25N3O4/c1-3-21-20(25)23-19(24)18(15-9-5-4-6-10-15)22-13-14-27-17-12-8-7-11-16(17)26-2/h4-12,18,22H,3,13-14H2,1-2H3,(H2,21,23,24,25)/t18-/m1/s1. The Labute approximate surface area is 159 Å². The molecule has 0 aliphatic carbocycles. The van der Waals surface area contributed by atoms with Gasteiger partial charge in [-0.1, -0.05) is 42.5 Å². The fourth-order valence-corrected chi connectivity index (χ4v) is 2.50. The molecule has 2 aromatic carbocycles. The number of methoxy groups -OCH3 is 1. The molecule has 0 spiro atoms. The Morgan fingerprint density at radius 1 is 1.00 bits per heavy atom. The van der Waals surface area contributed by atoms with Gasteiger partial charge in [0.2, 0.25) is 5.91 Å². The zero-order valence-electron chi connectivity index (χ0n) is 15.5. The Bertz CT molecular complexity index is 737. The summed E-state index contributed by atoms with van der Waals surface area (Å²) in [6.07, 6.45) is 0. The first kappa shape index (κ1) is 20.3. The van der Waals surface area contributed by atoms with Crippen molar-refractivity contribution >= 4 is 11.9 Å². The van der Waals surface area contributed by atoms with Crippen LogP contribution < -0.4 is 25.4 Å². The molecule has 7 heteroatoms. The number of para-hydroxylation sites is 2. The van der Waals surface area contributed by atoms with E-state index in [1.165, 1.54) is 0 Å². The van der Waals surface area contributed by atoms with Gasteiger partial charge in [0.15, 0.2) is 11.5 Å². The molecule has 0 fully saturated rings. The minimum atomic E-state index is -0.671. The second-order valence-electron chi connectivity index (χ2n) is 5.65. The zero-order valence-corrected chi connectivity index (χ0v) is 15.5. The Hall–Kier alpha value is -3.06. The summed E-state index contributed by atoms with van der Waals surface area (Å²) in [7, 11) is 1.58. The maximum Gasteiger partial charge on any atom is 0.321 e. The number of amides is 3.